The molecule has 0 saturated heterocycles. The van der Waals surface area contributed by atoms with Crippen molar-refractivity contribution in [2.24, 2.45) is 29.4 Å². The number of rotatable bonds is 17. The molecule has 4 atom stereocenters. The Morgan fingerprint density at radius 1 is 1.03 bits per heavy atom. The number of nitrogens with two attached hydrogens (primary N) is 1. The Hall–Kier alpha value is -2.68. The maximum Gasteiger partial charge on any atom is 0.228 e. The van der Waals surface area contributed by atoms with Gasteiger partial charge in [0, 0.05) is 38.3 Å². The molecule has 1 aromatic carbocycles. The summed E-state index contributed by atoms with van der Waals surface area (Å²) in [5.74, 6) is 2.03. The molecule has 39 heavy (non-hydrogen) atoms. The third-order valence-corrected chi connectivity index (χ3v) is 7.29. The van der Waals surface area contributed by atoms with E-state index in [0.29, 0.717) is 49.3 Å². The average molecular weight is 544 g/mol. The number of nitrogens with one attached hydrogen (secondary N) is 1. The molecule has 4 N–H and O–H groups in total. The van der Waals surface area contributed by atoms with Gasteiger partial charge in [-0.1, -0.05) is 39.8 Å². The van der Waals surface area contributed by atoms with E-state index >= 15 is 0 Å². The molecule has 218 valence electrons. The standard InChI is InChI=1S/C31H49N3O5/c1-20(2)24(15-23-10-11-28(38-7)29(16-23)39-14-8-13-37-6)17-26(32)27(35)18-25(21(3)4)31(36)34-30-12-9-22(5)19-33-30/h9-12,16,19-21,24-27,35H,8,13-15,17-18,32H2,1-7H3,(H,33,34,36)/t24-,25-,26-,27-/m0/s1. The zero-order valence-electron chi connectivity index (χ0n) is 24.8. The van der Waals surface area contributed by atoms with Gasteiger partial charge in [-0.25, -0.2) is 4.98 Å². The van der Waals surface area contributed by atoms with Crippen molar-refractivity contribution in [2.75, 3.05) is 32.8 Å². The van der Waals surface area contributed by atoms with Crippen molar-refractivity contribution in [3.63, 3.8) is 0 Å². The molecule has 0 bridgehead atoms. The number of hydrogen-bond donors (Lipinski definition) is 3. The summed E-state index contributed by atoms with van der Waals surface area (Å²) in [6.07, 6.45) is 3.44. The number of anilines is 1. The second kappa shape index (κ2) is 16.4. The molecule has 8 heteroatoms. The predicted molar refractivity (Wildman–Crippen MR) is 156 cm³/mol. The number of aromatic nitrogens is 1. The predicted octanol–water partition coefficient (Wildman–Crippen LogP) is 5.01. The van der Waals surface area contributed by atoms with Gasteiger partial charge in [-0.2, -0.15) is 0 Å². The molecule has 0 unspecified atom stereocenters. The number of hydrogen-bond acceptors (Lipinski definition) is 7. The molecule has 0 aliphatic heterocycles. The van der Waals surface area contributed by atoms with Crippen molar-refractivity contribution in [3.8, 4) is 11.5 Å². The monoisotopic (exact) mass is 543 g/mol. The number of benzene rings is 1. The number of nitrogens with zero attached hydrogens (tertiary/aromatic N) is 1. The molecule has 0 saturated carbocycles. The first kappa shape index (κ1) is 32.5. The minimum absolute atomic E-state index is 0.0415. The molecule has 0 spiro atoms. The van der Waals surface area contributed by atoms with Crippen LogP contribution >= 0.6 is 0 Å². The summed E-state index contributed by atoms with van der Waals surface area (Å²) in [6.45, 7) is 11.5. The maximum atomic E-state index is 13.0. The van der Waals surface area contributed by atoms with Crippen LogP contribution in [-0.4, -0.2) is 55.6 Å². The van der Waals surface area contributed by atoms with Crippen LogP contribution in [0.5, 0.6) is 11.5 Å². The van der Waals surface area contributed by atoms with Crippen molar-refractivity contribution in [1.29, 1.82) is 0 Å². The van der Waals surface area contributed by atoms with Gasteiger partial charge in [0.2, 0.25) is 5.91 Å². The van der Waals surface area contributed by atoms with Crippen LogP contribution in [0.4, 0.5) is 5.82 Å². The highest BCUT2D eigenvalue weighted by atomic mass is 16.5. The first-order chi connectivity index (χ1) is 18.5. The quantitative estimate of drug-likeness (QED) is 0.240. The smallest absolute Gasteiger partial charge is 0.228 e. The number of carbonyl (C=O) groups excluding carboxylic acids is 1. The summed E-state index contributed by atoms with van der Waals surface area (Å²) in [7, 11) is 3.31. The average Bonchev–Trinajstić information content (AvgIpc) is 2.90. The fourth-order valence-corrected chi connectivity index (χ4v) is 4.62. The lowest BCUT2D eigenvalue weighted by Crippen LogP contribution is -2.41. The molecule has 2 rings (SSSR count). The lowest BCUT2D eigenvalue weighted by Gasteiger charge is -2.30. The van der Waals surface area contributed by atoms with Crippen LogP contribution < -0.4 is 20.5 Å². The molecular formula is C31H49N3O5. The van der Waals surface area contributed by atoms with Crippen molar-refractivity contribution in [1.82, 2.24) is 4.98 Å². The number of methoxy groups -OCH3 is 2. The second-order valence-electron chi connectivity index (χ2n) is 11.2. The zero-order chi connectivity index (χ0) is 28.9. The van der Waals surface area contributed by atoms with Gasteiger partial charge in [0.1, 0.15) is 5.82 Å². The van der Waals surface area contributed by atoms with Gasteiger partial charge < -0.3 is 30.4 Å². The lowest BCUT2D eigenvalue weighted by molar-refractivity contribution is -0.122. The number of amides is 1. The fourth-order valence-electron chi connectivity index (χ4n) is 4.62. The van der Waals surface area contributed by atoms with E-state index in [1.807, 2.05) is 39.0 Å². The van der Waals surface area contributed by atoms with Crippen molar-refractivity contribution in [3.05, 3.63) is 47.7 Å². The van der Waals surface area contributed by atoms with Crippen LogP contribution in [0.15, 0.2) is 36.5 Å². The minimum Gasteiger partial charge on any atom is -0.493 e. The Balaban J connectivity index is 2.04. The van der Waals surface area contributed by atoms with Crippen LogP contribution in [-0.2, 0) is 16.0 Å². The van der Waals surface area contributed by atoms with E-state index in [9.17, 15) is 9.90 Å². The summed E-state index contributed by atoms with van der Waals surface area (Å²) < 4.78 is 16.5. The maximum absolute atomic E-state index is 13.0. The third kappa shape index (κ3) is 10.8. The van der Waals surface area contributed by atoms with E-state index in [2.05, 4.69) is 30.2 Å². The number of aryl methyl sites for hydroxylation is 1. The highest BCUT2D eigenvalue weighted by Crippen LogP contribution is 2.32. The fraction of sp³-hybridized carbons (Fsp3) is 0.613. The van der Waals surface area contributed by atoms with E-state index < -0.39 is 12.1 Å². The van der Waals surface area contributed by atoms with Gasteiger partial charge in [-0.05, 0) is 73.3 Å². The Bertz CT molecular complexity index is 996. The molecule has 1 aromatic heterocycles. The highest BCUT2D eigenvalue weighted by molar-refractivity contribution is 5.91. The van der Waals surface area contributed by atoms with E-state index in [1.165, 1.54) is 0 Å². The summed E-state index contributed by atoms with van der Waals surface area (Å²) in [4.78, 5) is 17.3. The number of aliphatic hydroxyl groups is 1. The normalized spacial score (nSPS) is 14.6. The van der Waals surface area contributed by atoms with Crippen LogP contribution in [0.25, 0.3) is 0 Å². The van der Waals surface area contributed by atoms with E-state index in [1.54, 1.807) is 26.5 Å². The lowest BCUT2D eigenvalue weighted by atomic mass is 9.81. The van der Waals surface area contributed by atoms with E-state index in [-0.39, 0.29) is 23.7 Å². The Kier molecular flexibility index (Phi) is 13.7. The molecular weight excluding hydrogens is 494 g/mol. The molecule has 0 aliphatic rings. The topological polar surface area (TPSA) is 116 Å². The SMILES string of the molecule is COCCCOc1cc(C[C@@H](C[C@H](N)[C@@H](O)C[C@H](C(=O)Nc2ccc(C)cn2)C(C)C)C(C)C)ccc1OC. The first-order valence-corrected chi connectivity index (χ1v) is 14.0. The minimum atomic E-state index is -0.800. The van der Waals surface area contributed by atoms with Crippen LogP contribution in [0, 0.1) is 30.6 Å². The van der Waals surface area contributed by atoms with Gasteiger partial charge in [0.15, 0.2) is 11.5 Å². The molecule has 0 radical (unpaired) electrons. The summed E-state index contributed by atoms with van der Waals surface area (Å²) in [5, 5.41) is 14.0. The summed E-state index contributed by atoms with van der Waals surface area (Å²) in [6, 6.07) is 9.25. The summed E-state index contributed by atoms with van der Waals surface area (Å²) >= 11 is 0. The van der Waals surface area contributed by atoms with E-state index in [4.69, 9.17) is 19.9 Å². The second-order valence-corrected chi connectivity index (χ2v) is 11.2. The largest absolute Gasteiger partial charge is 0.493 e. The molecule has 1 heterocycles. The molecule has 0 aliphatic carbocycles. The van der Waals surface area contributed by atoms with Crippen molar-refractivity contribution in [2.45, 2.75) is 72.4 Å². The molecule has 8 nitrogen and oxygen atoms in total. The van der Waals surface area contributed by atoms with Crippen molar-refractivity contribution >= 4 is 11.7 Å². The number of carbonyl (C=O) groups is 1. The molecule has 0 fully saturated rings. The highest BCUT2D eigenvalue weighted by Gasteiger charge is 2.30. The molecule has 2 aromatic rings. The summed E-state index contributed by atoms with van der Waals surface area (Å²) in [5.41, 5.74) is 8.70. The first-order valence-electron chi connectivity index (χ1n) is 14.0. The van der Waals surface area contributed by atoms with E-state index in [0.717, 1.165) is 24.0 Å². The van der Waals surface area contributed by atoms with Crippen molar-refractivity contribution < 1.29 is 24.1 Å². The zero-order valence-corrected chi connectivity index (χ0v) is 24.8. The van der Waals surface area contributed by atoms with Crippen LogP contribution in [0.2, 0.25) is 0 Å². The molecule has 1 amide bonds. The van der Waals surface area contributed by atoms with Gasteiger partial charge in [-0.15, -0.1) is 0 Å². The van der Waals surface area contributed by atoms with Gasteiger partial charge in [0.25, 0.3) is 0 Å². The number of ether oxygens (including phenoxy) is 3. The van der Waals surface area contributed by atoms with Gasteiger partial charge in [0.05, 0.1) is 19.8 Å². The van der Waals surface area contributed by atoms with Gasteiger partial charge >= 0.3 is 0 Å². The van der Waals surface area contributed by atoms with Crippen LogP contribution in [0.3, 0.4) is 0 Å². The third-order valence-electron chi connectivity index (χ3n) is 7.29. The Labute approximate surface area is 234 Å². The van der Waals surface area contributed by atoms with Gasteiger partial charge in [-0.3, -0.25) is 4.79 Å². The number of aliphatic hydroxyl groups excluding tert-OH is 1. The Morgan fingerprint density at radius 2 is 1.77 bits per heavy atom. The number of pyridine rings is 1. The Morgan fingerprint density at radius 3 is 2.36 bits per heavy atom. The van der Waals surface area contributed by atoms with Crippen LogP contribution in [0.1, 0.15) is 58.1 Å².